The van der Waals surface area contributed by atoms with Crippen LogP contribution in [0, 0.1) is 11.8 Å². The van der Waals surface area contributed by atoms with E-state index in [-0.39, 0.29) is 12.8 Å². The molecule has 0 aromatic rings. The van der Waals surface area contributed by atoms with Crippen LogP contribution in [0.2, 0.25) is 0 Å². The SMILES string of the molecule is CC(C)C(CCCCCCC(=O)O)CCCC(=O)O. The van der Waals surface area contributed by atoms with Crippen molar-refractivity contribution in [1.29, 1.82) is 0 Å². The van der Waals surface area contributed by atoms with Crippen LogP contribution < -0.4 is 0 Å². The maximum absolute atomic E-state index is 10.5. The number of aliphatic carboxylic acids is 2. The summed E-state index contributed by atoms with van der Waals surface area (Å²) in [5, 5.41) is 17.2. The molecule has 1 unspecified atom stereocenters. The Morgan fingerprint density at radius 3 is 1.79 bits per heavy atom. The third kappa shape index (κ3) is 11.7. The van der Waals surface area contributed by atoms with E-state index in [1.54, 1.807) is 0 Å². The smallest absolute Gasteiger partial charge is 0.303 e. The Balaban J connectivity index is 3.65. The van der Waals surface area contributed by atoms with Crippen LogP contribution in [0.3, 0.4) is 0 Å². The monoisotopic (exact) mass is 272 g/mol. The molecule has 0 aromatic carbocycles. The fourth-order valence-corrected chi connectivity index (χ4v) is 2.36. The predicted octanol–water partition coefficient (Wildman–Crippen LogP) is 3.94. The van der Waals surface area contributed by atoms with Crippen LogP contribution in [0.25, 0.3) is 0 Å². The molecule has 0 aliphatic rings. The average Bonchev–Trinajstić information content (AvgIpc) is 2.29. The van der Waals surface area contributed by atoms with E-state index in [1.807, 2.05) is 0 Å². The molecule has 2 N–H and O–H groups in total. The first-order chi connectivity index (χ1) is 8.93. The standard InChI is InChI=1S/C15H28O4/c1-12(2)13(9-7-11-15(18)19)8-5-3-4-6-10-14(16)17/h12-13H,3-11H2,1-2H3,(H,16,17)(H,18,19). The molecule has 4 heteroatoms. The van der Waals surface area contributed by atoms with Gasteiger partial charge in [-0.05, 0) is 31.1 Å². The van der Waals surface area contributed by atoms with Gasteiger partial charge in [0.15, 0.2) is 0 Å². The average molecular weight is 272 g/mol. The lowest BCUT2D eigenvalue weighted by Gasteiger charge is -2.20. The van der Waals surface area contributed by atoms with Gasteiger partial charge in [-0.1, -0.05) is 39.5 Å². The van der Waals surface area contributed by atoms with Crippen LogP contribution in [-0.2, 0) is 9.59 Å². The number of rotatable bonds is 12. The van der Waals surface area contributed by atoms with E-state index >= 15 is 0 Å². The van der Waals surface area contributed by atoms with Crippen LogP contribution in [0.1, 0.15) is 71.6 Å². The number of hydrogen-bond donors (Lipinski definition) is 2. The molecule has 0 aliphatic carbocycles. The molecular weight excluding hydrogens is 244 g/mol. The van der Waals surface area contributed by atoms with Gasteiger partial charge in [-0.25, -0.2) is 0 Å². The maximum Gasteiger partial charge on any atom is 0.303 e. The van der Waals surface area contributed by atoms with Crippen molar-refractivity contribution in [2.45, 2.75) is 71.6 Å². The third-order valence-electron chi connectivity index (χ3n) is 3.62. The molecule has 1 atom stereocenters. The van der Waals surface area contributed by atoms with Crippen LogP contribution in [-0.4, -0.2) is 22.2 Å². The van der Waals surface area contributed by atoms with Gasteiger partial charge in [0.1, 0.15) is 0 Å². The normalized spacial score (nSPS) is 12.6. The van der Waals surface area contributed by atoms with Crippen molar-refractivity contribution in [1.82, 2.24) is 0 Å². The van der Waals surface area contributed by atoms with Gasteiger partial charge < -0.3 is 10.2 Å². The van der Waals surface area contributed by atoms with Gasteiger partial charge in [0, 0.05) is 12.8 Å². The number of unbranched alkanes of at least 4 members (excludes halogenated alkanes) is 3. The van der Waals surface area contributed by atoms with Gasteiger partial charge in [0.2, 0.25) is 0 Å². The molecular formula is C15H28O4. The second-order valence-corrected chi connectivity index (χ2v) is 5.64. The van der Waals surface area contributed by atoms with Crippen molar-refractivity contribution in [2.75, 3.05) is 0 Å². The minimum absolute atomic E-state index is 0.266. The first-order valence-corrected chi connectivity index (χ1v) is 7.37. The Hall–Kier alpha value is -1.06. The zero-order chi connectivity index (χ0) is 14.7. The summed E-state index contributed by atoms with van der Waals surface area (Å²) < 4.78 is 0. The Morgan fingerprint density at radius 2 is 1.26 bits per heavy atom. The fourth-order valence-electron chi connectivity index (χ4n) is 2.36. The summed E-state index contributed by atoms with van der Waals surface area (Å²) in [4.78, 5) is 20.8. The summed E-state index contributed by atoms with van der Waals surface area (Å²) in [5.41, 5.74) is 0. The quantitative estimate of drug-likeness (QED) is 0.528. The molecule has 4 nitrogen and oxygen atoms in total. The zero-order valence-electron chi connectivity index (χ0n) is 12.2. The van der Waals surface area contributed by atoms with Crippen LogP contribution in [0.5, 0.6) is 0 Å². The van der Waals surface area contributed by atoms with E-state index in [2.05, 4.69) is 13.8 Å². The van der Waals surface area contributed by atoms with E-state index in [4.69, 9.17) is 10.2 Å². The summed E-state index contributed by atoms with van der Waals surface area (Å²) in [5.74, 6) is -0.239. The van der Waals surface area contributed by atoms with Gasteiger partial charge >= 0.3 is 11.9 Å². The van der Waals surface area contributed by atoms with Crippen molar-refractivity contribution >= 4 is 11.9 Å². The van der Waals surface area contributed by atoms with E-state index in [1.165, 1.54) is 0 Å². The lowest BCUT2D eigenvalue weighted by atomic mass is 9.86. The highest BCUT2D eigenvalue weighted by Gasteiger charge is 2.13. The Morgan fingerprint density at radius 1 is 0.789 bits per heavy atom. The Labute approximate surface area is 116 Å². The molecule has 0 rings (SSSR count). The lowest BCUT2D eigenvalue weighted by molar-refractivity contribution is -0.138. The van der Waals surface area contributed by atoms with Gasteiger partial charge in [-0.15, -0.1) is 0 Å². The van der Waals surface area contributed by atoms with Crippen molar-refractivity contribution in [2.24, 2.45) is 11.8 Å². The fraction of sp³-hybridized carbons (Fsp3) is 0.867. The van der Waals surface area contributed by atoms with Crippen molar-refractivity contribution in [3.63, 3.8) is 0 Å². The van der Waals surface area contributed by atoms with Crippen molar-refractivity contribution < 1.29 is 19.8 Å². The van der Waals surface area contributed by atoms with Gasteiger partial charge in [-0.3, -0.25) is 9.59 Å². The first-order valence-electron chi connectivity index (χ1n) is 7.37. The molecule has 0 radical (unpaired) electrons. The summed E-state index contributed by atoms with van der Waals surface area (Å²) in [6.07, 6.45) is 7.35. The molecule has 0 amide bonds. The van der Waals surface area contributed by atoms with Crippen LogP contribution in [0.15, 0.2) is 0 Å². The highest BCUT2D eigenvalue weighted by Crippen LogP contribution is 2.24. The summed E-state index contributed by atoms with van der Waals surface area (Å²) >= 11 is 0. The van der Waals surface area contributed by atoms with Crippen molar-refractivity contribution in [3.05, 3.63) is 0 Å². The van der Waals surface area contributed by atoms with Crippen LogP contribution in [0.4, 0.5) is 0 Å². The first kappa shape index (κ1) is 17.9. The number of hydrogen-bond acceptors (Lipinski definition) is 2. The van der Waals surface area contributed by atoms with Crippen LogP contribution >= 0.6 is 0 Å². The molecule has 112 valence electrons. The molecule has 19 heavy (non-hydrogen) atoms. The second kappa shape index (κ2) is 10.8. The Bertz CT molecular complexity index is 261. The minimum atomic E-state index is -0.714. The van der Waals surface area contributed by atoms with Crippen molar-refractivity contribution in [3.8, 4) is 0 Å². The molecule has 0 heterocycles. The Kier molecular flexibility index (Phi) is 10.2. The van der Waals surface area contributed by atoms with E-state index in [0.717, 1.165) is 44.9 Å². The van der Waals surface area contributed by atoms with E-state index < -0.39 is 11.9 Å². The molecule has 0 aromatic heterocycles. The zero-order valence-corrected chi connectivity index (χ0v) is 12.2. The molecule has 0 saturated carbocycles. The molecule has 0 aliphatic heterocycles. The van der Waals surface area contributed by atoms with Gasteiger partial charge in [0.25, 0.3) is 0 Å². The minimum Gasteiger partial charge on any atom is -0.481 e. The highest BCUT2D eigenvalue weighted by atomic mass is 16.4. The summed E-state index contributed by atoms with van der Waals surface area (Å²) in [7, 11) is 0. The lowest BCUT2D eigenvalue weighted by Crippen LogP contribution is -2.09. The largest absolute Gasteiger partial charge is 0.481 e. The number of carbonyl (C=O) groups is 2. The number of carboxylic acids is 2. The topological polar surface area (TPSA) is 74.6 Å². The predicted molar refractivity (Wildman–Crippen MR) is 75.2 cm³/mol. The van der Waals surface area contributed by atoms with Gasteiger partial charge in [-0.2, -0.15) is 0 Å². The van der Waals surface area contributed by atoms with E-state index in [0.29, 0.717) is 11.8 Å². The summed E-state index contributed by atoms with van der Waals surface area (Å²) in [6, 6.07) is 0. The molecule has 0 fully saturated rings. The molecule has 0 saturated heterocycles. The molecule has 0 spiro atoms. The molecule has 0 bridgehead atoms. The van der Waals surface area contributed by atoms with E-state index in [9.17, 15) is 9.59 Å². The highest BCUT2D eigenvalue weighted by molar-refractivity contribution is 5.66. The second-order valence-electron chi connectivity index (χ2n) is 5.64. The maximum atomic E-state index is 10.5. The number of carboxylic acid groups (broad SMARTS) is 2. The third-order valence-corrected chi connectivity index (χ3v) is 3.62. The summed E-state index contributed by atoms with van der Waals surface area (Å²) in [6.45, 7) is 4.38. The van der Waals surface area contributed by atoms with Gasteiger partial charge in [0.05, 0.1) is 0 Å².